The molecule has 2 nitrogen and oxygen atoms in total. The summed E-state index contributed by atoms with van der Waals surface area (Å²) in [7, 11) is 0. The Labute approximate surface area is 168 Å². The van der Waals surface area contributed by atoms with E-state index in [1.807, 2.05) is 72.8 Å². The predicted octanol–water partition coefficient (Wildman–Crippen LogP) is 5.59. The zero-order valence-corrected chi connectivity index (χ0v) is 16.4. The molecule has 0 atom stereocenters. The maximum absolute atomic E-state index is 8.63. The van der Waals surface area contributed by atoms with Crippen molar-refractivity contribution in [3.05, 3.63) is 121 Å². The minimum Gasteiger partial charge on any atom is -0.508 e. The number of rotatable bonds is 0. The molecule has 0 saturated heterocycles. The van der Waals surface area contributed by atoms with Crippen molar-refractivity contribution in [3.8, 4) is 11.5 Å². The molecule has 3 heteroatoms. The van der Waals surface area contributed by atoms with Gasteiger partial charge < -0.3 is 10.2 Å². The van der Waals surface area contributed by atoms with Crippen LogP contribution < -0.4 is 0 Å². The first-order valence-corrected chi connectivity index (χ1v) is 7.60. The average Bonchev–Trinajstić information content (AvgIpc) is 3.36. The van der Waals surface area contributed by atoms with E-state index >= 15 is 0 Å². The van der Waals surface area contributed by atoms with E-state index in [1.165, 1.54) is 0 Å². The van der Waals surface area contributed by atoms with Crippen LogP contribution in [0.2, 0.25) is 0 Å². The summed E-state index contributed by atoms with van der Waals surface area (Å²) < 4.78 is 0. The molecule has 0 amide bonds. The van der Waals surface area contributed by atoms with Crippen LogP contribution in [0.1, 0.15) is 0 Å². The van der Waals surface area contributed by atoms with Crippen molar-refractivity contribution in [2.75, 3.05) is 0 Å². The van der Waals surface area contributed by atoms with Gasteiger partial charge >= 0.3 is 26.2 Å². The molecular formula is C22H22O2Zr. The molecule has 0 spiro atoms. The SMILES string of the molecule is Oc1ccccc1.Oc1ccccc1.[Zr+2].c1cc[cH-]c1.c1cc[cH-]c1. The van der Waals surface area contributed by atoms with Crippen LogP contribution in [0.5, 0.6) is 11.5 Å². The minimum atomic E-state index is 0. The fraction of sp³-hybridized carbons (Fsp3) is 0. The number of para-hydroxylation sites is 2. The molecule has 0 fully saturated rings. The Morgan fingerprint density at radius 3 is 0.840 bits per heavy atom. The molecule has 0 aliphatic carbocycles. The van der Waals surface area contributed by atoms with Gasteiger partial charge in [0.2, 0.25) is 0 Å². The van der Waals surface area contributed by atoms with E-state index in [-0.39, 0.29) is 26.2 Å². The molecule has 0 unspecified atom stereocenters. The Morgan fingerprint density at radius 1 is 0.440 bits per heavy atom. The summed E-state index contributed by atoms with van der Waals surface area (Å²) >= 11 is 0. The van der Waals surface area contributed by atoms with Crippen LogP contribution in [-0.4, -0.2) is 10.2 Å². The van der Waals surface area contributed by atoms with Crippen LogP contribution >= 0.6 is 0 Å². The largest absolute Gasteiger partial charge is 2.00 e. The van der Waals surface area contributed by atoms with Crippen molar-refractivity contribution in [1.82, 2.24) is 0 Å². The van der Waals surface area contributed by atoms with E-state index in [1.54, 1.807) is 48.5 Å². The summed E-state index contributed by atoms with van der Waals surface area (Å²) in [5, 5.41) is 17.3. The molecule has 0 radical (unpaired) electrons. The Kier molecular flexibility index (Phi) is 14.9. The number of phenols is 2. The molecule has 0 aromatic heterocycles. The monoisotopic (exact) mass is 408 g/mol. The van der Waals surface area contributed by atoms with Gasteiger partial charge in [0.05, 0.1) is 0 Å². The van der Waals surface area contributed by atoms with Gasteiger partial charge in [0.1, 0.15) is 11.5 Å². The van der Waals surface area contributed by atoms with E-state index in [9.17, 15) is 0 Å². The second-order valence-corrected chi connectivity index (χ2v) is 4.60. The van der Waals surface area contributed by atoms with Gasteiger partial charge in [-0.3, -0.25) is 0 Å². The first-order valence-electron chi connectivity index (χ1n) is 7.60. The molecule has 2 N–H and O–H groups in total. The maximum atomic E-state index is 8.63. The van der Waals surface area contributed by atoms with E-state index in [0.29, 0.717) is 11.5 Å². The molecule has 25 heavy (non-hydrogen) atoms. The van der Waals surface area contributed by atoms with Crippen LogP contribution in [0.15, 0.2) is 121 Å². The summed E-state index contributed by atoms with van der Waals surface area (Å²) in [5.41, 5.74) is 0. The summed E-state index contributed by atoms with van der Waals surface area (Å²) in [6.45, 7) is 0. The van der Waals surface area contributed by atoms with E-state index in [0.717, 1.165) is 0 Å². The van der Waals surface area contributed by atoms with Crippen molar-refractivity contribution >= 4 is 0 Å². The molecule has 0 saturated carbocycles. The van der Waals surface area contributed by atoms with Gasteiger partial charge in [-0.25, -0.2) is 24.3 Å². The topological polar surface area (TPSA) is 40.5 Å². The number of hydrogen-bond acceptors (Lipinski definition) is 2. The fourth-order valence-corrected chi connectivity index (χ4v) is 1.50. The number of hydrogen-bond donors (Lipinski definition) is 2. The molecule has 4 aromatic rings. The fourth-order valence-electron chi connectivity index (χ4n) is 1.50. The van der Waals surface area contributed by atoms with Gasteiger partial charge in [0, 0.05) is 0 Å². The van der Waals surface area contributed by atoms with Crippen LogP contribution in [-0.2, 0) is 26.2 Å². The Bertz CT molecular complexity index is 577. The van der Waals surface area contributed by atoms with E-state index < -0.39 is 0 Å². The predicted molar refractivity (Wildman–Crippen MR) is 100 cm³/mol. The molecule has 0 bridgehead atoms. The van der Waals surface area contributed by atoms with Crippen molar-refractivity contribution in [1.29, 1.82) is 0 Å². The molecule has 0 aliphatic heterocycles. The van der Waals surface area contributed by atoms with Gasteiger partial charge in [0.25, 0.3) is 0 Å². The van der Waals surface area contributed by atoms with Gasteiger partial charge in [-0.1, -0.05) is 36.4 Å². The van der Waals surface area contributed by atoms with Crippen LogP contribution in [0.4, 0.5) is 0 Å². The molecule has 4 rings (SSSR count). The second kappa shape index (κ2) is 16.5. The molecule has 126 valence electrons. The smallest absolute Gasteiger partial charge is 0.508 e. The summed E-state index contributed by atoms with van der Waals surface area (Å²) in [6.07, 6.45) is 0. The first kappa shape index (κ1) is 22.6. The van der Waals surface area contributed by atoms with Crippen molar-refractivity contribution in [2.24, 2.45) is 0 Å². The summed E-state index contributed by atoms with van der Waals surface area (Å²) in [5.74, 6) is 0.644. The number of aromatic hydroxyl groups is 2. The normalized spacial score (nSPS) is 8.00. The first-order chi connectivity index (χ1) is 11.8. The standard InChI is InChI=1S/2C6H6O.2C5H5.Zr/c2*7-6-4-2-1-3-5-6;2*1-2-4-5-3-1;/h2*1-5,7H;2*1-5H;/q;;2*-1;+2. The average molecular weight is 410 g/mol. The second-order valence-electron chi connectivity index (χ2n) is 4.60. The van der Waals surface area contributed by atoms with Gasteiger partial charge in [-0.2, -0.15) is 36.4 Å². The zero-order valence-electron chi connectivity index (χ0n) is 13.9. The minimum absolute atomic E-state index is 0. The molecule has 0 aliphatic rings. The van der Waals surface area contributed by atoms with Crippen molar-refractivity contribution < 1.29 is 36.4 Å². The molecule has 4 aromatic carbocycles. The number of phenolic OH excluding ortho intramolecular Hbond substituents is 2. The van der Waals surface area contributed by atoms with E-state index in [2.05, 4.69) is 0 Å². The number of benzene rings is 2. The van der Waals surface area contributed by atoms with E-state index in [4.69, 9.17) is 10.2 Å². The van der Waals surface area contributed by atoms with Crippen molar-refractivity contribution in [2.45, 2.75) is 0 Å². The third kappa shape index (κ3) is 14.9. The van der Waals surface area contributed by atoms with Crippen LogP contribution in [0.25, 0.3) is 0 Å². The molecule has 0 heterocycles. The third-order valence-corrected chi connectivity index (χ3v) is 2.62. The summed E-state index contributed by atoms with van der Waals surface area (Å²) in [4.78, 5) is 0. The Balaban J connectivity index is 0.000000307. The maximum Gasteiger partial charge on any atom is 2.00 e. The van der Waals surface area contributed by atoms with Crippen LogP contribution in [0, 0.1) is 0 Å². The third-order valence-electron chi connectivity index (χ3n) is 2.62. The van der Waals surface area contributed by atoms with Crippen LogP contribution in [0.3, 0.4) is 0 Å². The quantitative estimate of drug-likeness (QED) is 0.372. The van der Waals surface area contributed by atoms with Gasteiger partial charge in [-0.15, -0.1) is 0 Å². The zero-order chi connectivity index (χ0) is 17.3. The summed E-state index contributed by atoms with van der Waals surface area (Å²) in [6, 6.07) is 37.4. The Morgan fingerprint density at radius 2 is 0.720 bits per heavy atom. The van der Waals surface area contributed by atoms with Gasteiger partial charge in [0.15, 0.2) is 0 Å². The molecular weight excluding hydrogens is 387 g/mol. The van der Waals surface area contributed by atoms with Crippen molar-refractivity contribution in [3.63, 3.8) is 0 Å². The Hall–Kier alpha value is -2.38. The van der Waals surface area contributed by atoms with Gasteiger partial charge in [-0.05, 0) is 24.3 Å².